The highest BCUT2D eigenvalue weighted by Gasteiger charge is 2.29. The Morgan fingerprint density at radius 2 is 1.44 bits per heavy atom. The third-order valence-corrected chi connectivity index (χ3v) is 7.48. The summed E-state index contributed by atoms with van der Waals surface area (Å²) in [4.78, 5) is 0.169. The van der Waals surface area contributed by atoms with Gasteiger partial charge >= 0.3 is 0 Å². The minimum Gasteiger partial charge on any atom is -0.316 e. The van der Waals surface area contributed by atoms with Crippen molar-refractivity contribution in [1.82, 2.24) is 14.8 Å². The van der Waals surface area contributed by atoms with Crippen molar-refractivity contribution in [2.75, 3.05) is 13.1 Å². The molecule has 0 spiro atoms. The molecule has 0 amide bonds. The minimum atomic E-state index is -3.66. The van der Waals surface area contributed by atoms with E-state index in [1.807, 2.05) is 6.92 Å². The maximum Gasteiger partial charge on any atom is 0.240 e. The fourth-order valence-corrected chi connectivity index (χ4v) is 5.43. The molecule has 0 radical (unpaired) electrons. The zero-order chi connectivity index (χ0) is 17.4. The van der Waals surface area contributed by atoms with Crippen molar-refractivity contribution >= 4 is 32.5 Å². The van der Waals surface area contributed by atoms with Gasteiger partial charge in [0.15, 0.2) is 0 Å². The van der Waals surface area contributed by atoms with Crippen LogP contribution < -0.4 is 14.8 Å². The number of benzene rings is 1. The fourth-order valence-electron chi connectivity index (χ4n) is 2.74. The molecule has 0 bridgehead atoms. The molecule has 1 aliphatic carbocycles. The molecule has 2 fully saturated rings. The molecular formula is C15H24ClN3O4S2. The summed E-state index contributed by atoms with van der Waals surface area (Å²) < 4.78 is 54.5. The summed E-state index contributed by atoms with van der Waals surface area (Å²) in [5.74, 6) is 0.205. The Labute approximate surface area is 155 Å². The van der Waals surface area contributed by atoms with E-state index in [0.29, 0.717) is 0 Å². The molecule has 1 saturated heterocycles. The van der Waals surface area contributed by atoms with Crippen LogP contribution in [0.3, 0.4) is 0 Å². The van der Waals surface area contributed by atoms with E-state index in [1.165, 1.54) is 24.3 Å². The predicted octanol–water partition coefficient (Wildman–Crippen LogP) is 0.825. The van der Waals surface area contributed by atoms with Crippen molar-refractivity contribution in [3.8, 4) is 0 Å². The van der Waals surface area contributed by atoms with Crippen LogP contribution in [0.4, 0.5) is 0 Å². The Morgan fingerprint density at radius 3 is 1.92 bits per heavy atom. The summed E-state index contributed by atoms with van der Waals surface area (Å²) in [7, 11) is -7.23. The number of halogens is 1. The van der Waals surface area contributed by atoms with Crippen LogP contribution >= 0.6 is 12.4 Å². The lowest BCUT2D eigenvalue weighted by molar-refractivity contribution is 0.328. The van der Waals surface area contributed by atoms with Gasteiger partial charge in [-0.05, 0) is 62.5 Å². The van der Waals surface area contributed by atoms with E-state index in [2.05, 4.69) is 14.8 Å². The molecule has 142 valence electrons. The third kappa shape index (κ3) is 5.15. The van der Waals surface area contributed by atoms with Crippen molar-refractivity contribution in [2.45, 2.75) is 48.1 Å². The predicted molar refractivity (Wildman–Crippen MR) is 97.8 cm³/mol. The second-order valence-corrected chi connectivity index (χ2v) is 9.99. The van der Waals surface area contributed by atoms with Crippen molar-refractivity contribution in [3.05, 3.63) is 24.3 Å². The van der Waals surface area contributed by atoms with Crippen molar-refractivity contribution < 1.29 is 16.8 Å². The average molecular weight is 410 g/mol. The smallest absolute Gasteiger partial charge is 0.240 e. The first-order valence-electron chi connectivity index (χ1n) is 8.13. The van der Waals surface area contributed by atoms with Crippen LogP contribution in [0.25, 0.3) is 0 Å². The van der Waals surface area contributed by atoms with E-state index in [1.54, 1.807) is 0 Å². The number of hydrogen-bond donors (Lipinski definition) is 3. The lowest BCUT2D eigenvalue weighted by atomic mass is 9.97. The van der Waals surface area contributed by atoms with Crippen LogP contribution in [0.5, 0.6) is 0 Å². The SMILES string of the molecule is CC1CNCCC1NS(=O)(=O)c1ccc(S(=O)(=O)NC2CC2)cc1.Cl. The highest BCUT2D eigenvalue weighted by Crippen LogP contribution is 2.23. The Balaban J connectivity index is 0.00000225. The summed E-state index contributed by atoms with van der Waals surface area (Å²) in [5, 5.41) is 3.23. The number of hydrogen-bond acceptors (Lipinski definition) is 5. The fraction of sp³-hybridized carbons (Fsp3) is 0.600. The van der Waals surface area contributed by atoms with Gasteiger partial charge in [-0.15, -0.1) is 12.4 Å². The molecule has 3 rings (SSSR count). The molecule has 1 heterocycles. The first-order valence-corrected chi connectivity index (χ1v) is 11.1. The summed E-state index contributed by atoms with van der Waals surface area (Å²) >= 11 is 0. The highest BCUT2D eigenvalue weighted by atomic mass is 35.5. The molecule has 1 saturated carbocycles. The average Bonchev–Trinajstić information content (AvgIpc) is 3.33. The summed E-state index contributed by atoms with van der Waals surface area (Å²) in [6.45, 7) is 3.55. The highest BCUT2D eigenvalue weighted by molar-refractivity contribution is 7.90. The molecular weight excluding hydrogens is 386 g/mol. The van der Waals surface area contributed by atoms with Crippen LogP contribution in [0, 0.1) is 5.92 Å². The number of sulfonamides is 2. The van der Waals surface area contributed by atoms with E-state index in [4.69, 9.17) is 0 Å². The van der Waals surface area contributed by atoms with E-state index < -0.39 is 20.0 Å². The molecule has 1 aliphatic heterocycles. The Kier molecular flexibility index (Phi) is 6.50. The zero-order valence-corrected chi connectivity index (χ0v) is 16.4. The first-order chi connectivity index (χ1) is 11.3. The van der Waals surface area contributed by atoms with Crippen LogP contribution in [0.1, 0.15) is 26.2 Å². The Hall–Kier alpha value is -0.710. The van der Waals surface area contributed by atoms with Crippen molar-refractivity contribution in [2.24, 2.45) is 5.92 Å². The van der Waals surface area contributed by atoms with Crippen LogP contribution in [0.2, 0.25) is 0 Å². The van der Waals surface area contributed by atoms with E-state index >= 15 is 0 Å². The van der Waals surface area contributed by atoms with E-state index in [-0.39, 0.29) is 40.2 Å². The maximum atomic E-state index is 12.5. The number of rotatable bonds is 6. The van der Waals surface area contributed by atoms with Crippen LogP contribution in [-0.2, 0) is 20.0 Å². The molecule has 10 heteroatoms. The second-order valence-electron chi connectivity index (χ2n) is 6.56. The molecule has 0 aromatic heterocycles. The lowest BCUT2D eigenvalue weighted by Gasteiger charge is -2.29. The quantitative estimate of drug-likeness (QED) is 0.645. The molecule has 25 heavy (non-hydrogen) atoms. The van der Waals surface area contributed by atoms with Gasteiger partial charge in [0.05, 0.1) is 9.79 Å². The minimum absolute atomic E-state index is 0. The van der Waals surface area contributed by atoms with E-state index in [0.717, 1.165) is 32.4 Å². The topological polar surface area (TPSA) is 104 Å². The van der Waals surface area contributed by atoms with Crippen LogP contribution in [0.15, 0.2) is 34.1 Å². The van der Waals surface area contributed by atoms with Crippen molar-refractivity contribution in [3.63, 3.8) is 0 Å². The third-order valence-electron chi connectivity index (χ3n) is 4.44. The van der Waals surface area contributed by atoms with E-state index in [9.17, 15) is 16.8 Å². The largest absolute Gasteiger partial charge is 0.316 e. The normalized spacial score (nSPS) is 24.5. The van der Waals surface area contributed by atoms with Gasteiger partial charge in [0.2, 0.25) is 20.0 Å². The van der Waals surface area contributed by atoms with Gasteiger partial charge in [-0.3, -0.25) is 0 Å². The second kappa shape index (κ2) is 7.89. The molecule has 2 atom stereocenters. The molecule has 2 aliphatic rings. The van der Waals surface area contributed by atoms with Gasteiger partial charge in [0, 0.05) is 12.1 Å². The van der Waals surface area contributed by atoms with Crippen LogP contribution in [-0.4, -0.2) is 42.0 Å². The monoisotopic (exact) mass is 409 g/mol. The van der Waals surface area contributed by atoms with Gasteiger partial charge in [0.25, 0.3) is 0 Å². The molecule has 3 N–H and O–H groups in total. The van der Waals surface area contributed by atoms with Gasteiger partial charge in [0.1, 0.15) is 0 Å². The number of piperidine rings is 1. The molecule has 7 nitrogen and oxygen atoms in total. The van der Waals surface area contributed by atoms with Gasteiger partial charge < -0.3 is 5.32 Å². The standard InChI is InChI=1S/C15H23N3O4S2.ClH/c1-11-10-16-9-8-15(11)18-24(21,22)14-6-4-13(5-7-14)23(19,20)17-12-2-3-12;/h4-7,11-12,15-18H,2-3,8-10H2,1H3;1H. The van der Waals surface area contributed by atoms with Gasteiger partial charge in [-0.25, -0.2) is 26.3 Å². The Morgan fingerprint density at radius 1 is 0.920 bits per heavy atom. The number of nitrogens with one attached hydrogen (secondary N) is 3. The summed E-state index contributed by atoms with van der Waals surface area (Å²) in [6, 6.07) is 5.26. The molecule has 2 unspecified atom stereocenters. The van der Waals surface area contributed by atoms with Gasteiger partial charge in [-0.1, -0.05) is 6.92 Å². The lowest BCUT2D eigenvalue weighted by Crippen LogP contribution is -2.48. The Bertz CT molecular complexity index is 793. The molecule has 1 aromatic carbocycles. The van der Waals surface area contributed by atoms with Crippen molar-refractivity contribution in [1.29, 1.82) is 0 Å². The zero-order valence-electron chi connectivity index (χ0n) is 13.9. The first kappa shape index (κ1) is 20.6. The summed E-state index contributed by atoms with van der Waals surface area (Å²) in [5.41, 5.74) is 0. The molecule has 1 aromatic rings. The van der Waals surface area contributed by atoms with Gasteiger partial charge in [-0.2, -0.15) is 0 Å². The summed E-state index contributed by atoms with van der Waals surface area (Å²) in [6.07, 6.45) is 2.44. The maximum absolute atomic E-state index is 12.5.